The summed E-state index contributed by atoms with van der Waals surface area (Å²) in [4.78, 5) is 35.0. The summed E-state index contributed by atoms with van der Waals surface area (Å²) in [5, 5.41) is 2.03. The van der Waals surface area contributed by atoms with Gasteiger partial charge in [0, 0.05) is 6.04 Å². The Morgan fingerprint density at radius 3 is 2.20 bits per heavy atom. The van der Waals surface area contributed by atoms with E-state index in [0.29, 0.717) is 0 Å². The predicted octanol–water partition coefficient (Wildman–Crippen LogP) is -0.388. The van der Waals surface area contributed by atoms with Crippen LogP contribution in [0.2, 0.25) is 0 Å². The van der Waals surface area contributed by atoms with Crippen LogP contribution in [0, 0.1) is 0 Å². The third-order valence-electron chi connectivity index (χ3n) is 2.09. The van der Waals surface area contributed by atoms with Crippen LogP contribution in [0.1, 0.15) is 20.8 Å². The molecule has 1 fully saturated rings. The highest BCUT2D eigenvalue weighted by molar-refractivity contribution is 6.21. The van der Waals surface area contributed by atoms with Crippen molar-refractivity contribution in [2.75, 3.05) is 0 Å². The van der Waals surface area contributed by atoms with Gasteiger partial charge in [-0.3, -0.25) is 19.8 Å². The first-order valence-electron chi connectivity index (χ1n) is 4.26. The van der Waals surface area contributed by atoms with Gasteiger partial charge in [-0.15, -0.1) is 12.4 Å². The molecule has 0 radical (unpaired) electrons. The molecule has 0 aromatic carbocycles. The number of carbonyl (C=O) groups excluding carboxylic acids is 3. The topological polar surface area (TPSA) is 92.5 Å². The van der Waals surface area contributed by atoms with E-state index in [-0.39, 0.29) is 18.4 Å². The van der Waals surface area contributed by atoms with E-state index >= 15 is 0 Å². The number of imide groups is 2. The molecule has 7 heteroatoms. The molecule has 1 aliphatic rings. The van der Waals surface area contributed by atoms with Crippen LogP contribution in [0.25, 0.3) is 0 Å². The van der Waals surface area contributed by atoms with E-state index in [0.717, 1.165) is 4.90 Å². The van der Waals surface area contributed by atoms with Gasteiger partial charge in [-0.25, -0.2) is 4.79 Å². The maximum atomic E-state index is 11.6. The predicted molar refractivity (Wildman–Crippen MR) is 55.4 cm³/mol. The Bertz CT molecular complexity index is 314. The number of rotatable bonds is 1. The highest BCUT2D eigenvalue weighted by Crippen LogP contribution is 2.14. The van der Waals surface area contributed by atoms with Crippen molar-refractivity contribution >= 4 is 30.3 Å². The number of nitrogens with two attached hydrogens (primary N) is 1. The van der Waals surface area contributed by atoms with E-state index < -0.39 is 23.4 Å². The van der Waals surface area contributed by atoms with Gasteiger partial charge in [-0.05, 0) is 20.8 Å². The minimum Gasteiger partial charge on any atom is -0.310 e. The molecule has 1 heterocycles. The number of hydrogen-bond donors (Lipinski definition) is 2. The van der Waals surface area contributed by atoms with Crippen molar-refractivity contribution in [2.24, 2.45) is 5.73 Å². The van der Waals surface area contributed by atoms with Crippen molar-refractivity contribution in [1.29, 1.82) is 0 Å². The number of nitrogens with zero attached hydrogens (tertiary/aromatic N) is 1. The molecule has 1 aliphatic heterocycles. The van der Waals surface area contributed by atoms with Gasteiger partial charge in [0.15, 0.2) is 5.54 Å². The second kappa shape index (κ2) is 4.16. The summed E-state index contributed by atoms with van der Waals surface area (Å²) in [6.45, 7) is 4.62. The van der Waals surface area contributed by atoms with Crippen LogP contribution < -0.4 is 11.1 Å². The Labute approximate surface area is 93.6 Å². The van der Waals surface area contributed by atoms with Gasteiger partial charge in [0.1, 0.15) is 0 Å². The van der Waals surface area contributed by atoms with Gasteiger partial charge in [0.05, 0.1) is 0 Å². The highest BCUT2D eigenvalue weighted by atomic mass is 35.5. The monoisotopic (exact) mass is 235 g/mol. The van der Waals surface area contributed by atoms with Gasteiger partial charge in [-0.1, -0.05) is 0 Å². The van der Waals surface area contributed by atoms with Crippen molar-refractivity contribution in [3.8, 4) is 0 Å². The van der Waals surface area contributed by atoms with Crippen LogP contribution in [0.5, 0.6) is 0 Å². The molecule has 6 nitrogen and oxygen atoms in total. The molecule has 0 aromatic rings. The lowest BCUT2D eigenvalue weighted by molar-refractivity contribution is -0.144. The Kier molecular flexibility index (Phi) is 3.84. The fourth-order valence-electron chi connectivity index (χ4n) is 1.20. The summed E-state index contributed by atoms with van der Waals surface area (Å²) in [6.07, 6.45) is 0. The van der Waals surface area contributed by atoms with Crippen LogP contribution in [0.4, 0.5) is 4.79 Å². The van der Waals surface area contributed by atoms with Crippen molar-refractivity contribution in [3.05, 3.63) is 0 Å². The molecule has 0 spiro atoms. The summed E-state index contributed by atoms with van der Waals surface area (Å²) >= 11 is 0. The molecule has 3 N–H and O–H groups in total. The first-order chi connectivity index (χ1) is 6.28. The maximum Gasteiger partial charge on any atom is 0.331 e. The molecular weight excluding hydrogens is 222 g/mol. The lowest BCUT2D eigenvalue weighted by Gasteiger charge is -2.36. The summed E-state index contributed by atoms with van der Waals surface area (Å²) in [5.74, 6) is -1.43. The molecule has 86 valence electrons. The third kappa shape index (κ3) is 2.10. The van der Waals surface area contributed by atoms with Gasteiger partial charge in [-0.2, -0.15) is 0 Å². The number of halogens is 1. The highest BCUT2D eigenvalue weighted by Gasteiger charge is 2.48. The molecule has 1 atom stereocenters. The first-order valence-corrected chi connectivity index (χ1v) is 4.26. The molecule has 1 unspecified atom stereocenters. The summed E-state index contributed by atoms with van der Waals surface area (Å²) in [6, 6.07) is -1.03. The third-order valence-corrected chi connectivity index (χ3v) is 2.09. The molecule has 0 aliphatic carbocycles. The number of barbiturate groups is 1. The Balaban J connectivity index is 0.00000196. The van der Waals surface area contributed by atoms with Crippen molar-refractivity contribution < 1.29 is 14.4 Å². The maximum absolute atomic E-state index is 11.6. The molecule has 4 amide bonds. The minimum atomic E-state index is -1.65. The average Bonchev–Trinajstić information content (AvgIpc) is 2.00. The second-order valence-corrected chi connectivity index (χ2v) is 3.73. The van der Waals surface area contributed by atoms with Gasteiger partial charge in [0.25, 0.3) is 11.8 Å². The van der Waals surface area contributed by atoms with Crippen LogP contribution in [0.3, 0.4) is 0 Å². The Hall–Kier alpha value is -1.14. The molecule has 15 heavy (non-hydrogen) atoms. The van der Waals surface area contributed by atoms with Gasteiger partial charge in [0.2, 0.25) is 0 Å². The lowest BCUT2D eigenvalue weighted by Crippen LogP contribution is -2.71. The quantitative estimate of drug-likeness (QED) is 0.606. The molecule has 0 aromatic heterocycles. The van der Waals surface area contributed by atoms with Gasteiger partial charge < -0.3 is 5.73 Å². The number of nitrogens with one attached hydrogen (secondary N) is 1. The lowest BCUT2D eigenvalue weighted by atomic mass is 9.98. The standard InChI is InChI=1S/C8H13N3O3.ClH/c1-4(2)11-6(13)8(3,9)5(12)10-7(11)14;/h4H,9H2,1-3H3,(H,10,12,14);1H. The fraction of sp³-hybridized carbons (Fsp3) is 0.625. The molecule has 0 saturated carbocycles. The Morgan fingerprint density at radius 1 is 1.33 bits per heavy atom. The van der Waals surface area contributed by atoms with Crippen molar-refractivity contribution in [2.45, 2.75) is 32.4 Å². The largest absolute Gasteiger partial charge is 0.331 e. The zero-order valence-electron chi connectivity index (χ0n) is 8.73. The first kappa shape index (κ1) is 13.9. The van der Waals surface area contributed by atoms with E-state index in [2.05, 4.69) is 0 Å². The van der Waals surface area contributed by atoms with Crippen LogP contribution in [-0.4, -0.2) is 34.3 Å². The van der Waals surface area contributed by atoms with Crippen LogP contribution in [-0.2, 0) is 9.59 Å². The number of urea groups is 1. The normalized spacial score (nSPS) is 26.5. The molecule has 1 rings (SSSR count). The van der Waals surface area contributed by atoms with Crippen molar-refractivity contribution in [3.63, 3.8) is 0 Å². The van der Waals surface area contributed by atoms with E-state index in [1.54, 1.807) is 13.8 Å². The fourth-order valence-corrected chi connectivity index (χ4v) is 1.20. The van der Waals surface area contributed by atoms with Crippen molar-refractivity contribution in [1.82, 2.24) is 10.2 Å². The van der Waals surface area contributed by atoms with E-state index in [1.807, 2.05) is 5.32 Å². The summed E-state index contributed by atoms with van der Waals surface area (Å²) < 4.78 is 0. The zero-order chi connectivity index (χ0) is 11.1. The molecular formula is C8H14ClN3O3. The van der Waals surface area contributed by atoms with Gasteiger partial charge >= 0.3 is 6.03 Å². The molecule has 0 bridgehead atoms. The summed E-state index contributed by atoms with van der Waals surface area (Å²) in [7, 11) is 0. The van der Waals surface area contributed by atoms with E-state index in [9.17, 15) is 14.4 Å². The van der Waals surface area contributed by atoms with Crippen LogP contribution >= 0.6 is 12.4 Å². The second-order valence-electron chi connectivity index (χ2n) is 3.73. The Morgan fingerprint density at radius 2 is 1.80 bits per heavy atom. The van der Waals surface area contributed by atoms with E-state index in [1.165, 1.54) is 6.92 Å². The minimum absolute atomic E-state index is 0. The molecule has 1 saturated heterocycles. The van der Waals surface area contributed by atoms with E-state index in [4.69, 9.17) is 5.73 Å². The van der Waals surface area contributed by atoms with Crippen LogP contribution in [0.15, 0.2) is 0 Å². The number of amides is 4. The number of hydrogen-bond acceptors (Lipinski definition) is 4. The SMILES string of the molecule is CC(C)N1C(=O)NC(=O)C(C)(N)C1=O.Cl. The summed E-state index contributed by atoms with van der Waals surface area (Å²) in [5.41, 5.74) is 3.85. The zero-order valence-corrected chi connectivity index (χ0v) is 9.55. The average molecular weight is 236 g/mol. The number of carbonyl (C=O) groups is 3. The smallest absolute Gasteiger partial charge is 0.310 e.